The molecular formula is C18H36N6. The standard InChI is InChI=1S/C18H36N6/c1(3-5-7-9-11-19-17-21-13-14-22-17)2-4-6-8-10-12-20-18-23-15-16-24-18/h1-16H2,(H2,19,21,22)(H2,20,23,24). The molecule has 4 N–H and O–H groups in total. The molecule has 0 saturated heterocycles. The minimum atomic E-state index is 0.922. The van der Waals surface area contributed by atoms with Gasteiger partial charge in [0, 0.05) is 26.2 Å². The zero-order valence-corrected chi connectivity index (χ0v) is 15.2. The largest absolute Gasteiger partial charge is 0.356 e. The van der Waals surface area contributed by atoms with Crippen LogP contribution in [-0.2, 0) is 0 Å². The predicted molar refractivity (Wildman–Crippen MR) is 103 cm³/mol. The molecule has 0 aliphatic carbocycles. The fourth-order valence-electron chi connectivity index (χ4n) is 3.11. The Labute approximate surface area is 147 Å². The molecule has 0 unspecified atom stereocenters. The van der Waals surface area contributed by atoms with Gasteiger partial charge >= 0.3 is 0 Å². The van der Waals surface area contributed by atoms with E-state index in [-0.39, 0.29) is 0 Å². The highest BCUT2D eigenvalue weighted by molar-refractivity contribution is 5.81. The second kappa shape index (κ2) is 12.9. The van der Waals surface area contributed by atoms with Crippen LogP contribution in [-0.4, -0.2) is 51.2 Å². The molecule has 2 aliphatic heterocycles. The number of guanidine groups is 2. The lowest BCUT2D eigenvalue weighted by molar-refractivity contribution is 0.548. The Morgan fingerprint density at radius 3 is 1.29 bits per heavy atom. The minimum Gasteiger partial charge on any atom is -0.356 e. The lowest BCUT2D eigenvalue weighted by Gasteiger charge is -2.07. The van der Waals surface area contributed by atoms with E-state index in [1.165, 1.54) is 64.2 Å². The van der Waals surface area contributed by atoms with Gasteiger partial charge in [0.1, 0.15) is 0 Å². The summed E-state index contributed by atoms with van der Waals surface area (Å²) in [5.41, 5.74) is 0. The molecule has 2 aliphatic rings. The smallest absolute Gasteiger partial charge is 0.191 e. The fourth-order valence-corrected chi connectivity index (χ4v) is 3.11. The molecule has 6 nitrogen and oxygen atoms in total. The quantitative estimate of drug-likeness (QED) is 0.388. The summed E-state index contributed by atoms with van der Waals surface area (Å²) in [6, 6.07) is 0. The van der Waals surface area contributed by atoms with Gasteiger partial charge in [0.15, 0.2) is 11.9 Å². The minimum absolute atomic E-state index is 0.922. The summed E-state index contributed by atoms with van der Waals surface area (Å²) in [6.45, 7) is 5.94. The summed E-state index contributed by atoms with van der Waals surface area (Å²) in [5.74, 6) is 2.00. The van der Waals surface area contributed by atoms with E-state index < -0.39 is 0 Å². The van der Waals surface area contributed by atoms with Gasteiger partial charge in [-0.25, -0.2) is 0 Å². The van der Waals surface area contributed by atoms with Crippen molar-refractivity contribution in [1.29, 1.82) is 0 Å². The molecular weight excluding hydrogens is 300 g/mol. The van der Waals surface area contributed by atoms with Gasteiger partial charge in [0.05, 0.1) is 13.1 Å². The van der Waals surface area contributed by atoms with Gasteiger partial charge in [-0.3, -0.25) is 9.98 Å². The van der Waals surface area contributed by atoms with Crippen molar-refractivity contribution in [3.05, 3.63) is 0 Å². The second-order valence-electron chi connectivity index (χ2n) is 6.70. The van der Waals surface area contributed by atoms with Crippen LogP contribution in [0.3, 0.4) is 0 Å². The summed E-state index contributed by atoms with van der Waals surface area (Å²) >= 11 is 0. The molecule has 0 atom stereocenters. The molecule has 0 aromatic heterocycles. The molecule has 0 fully saturated rings. The number of hydrogen-bond acceptors (Lipinski definition) is 6. The van der Waals surface area contributed by atoms with Crippen LogP contribution in [0.15, 0.2) is 9.98 Å². The summed E-state index contributed by atoms with van der Waals surface area (Å²) < 4.78 is 0. The van der Waals surface area contributed by atoms with Gasteiger partial charge in [-0.1, -0.05) is 51.4 Å². The monoisotopic (exact) mass is 336 g/mol. The Bertz CT molecular complexity index is 344. The van der Waals surface area contributed by atoms with Gasteiger partial charge in [0.25, 0.3) is 0 Å². The van der Waals surface area contributed by atoms with Crippen LogP contribution in [0.2, 0.25) is 0 Å². The first kappa shape index (κ1) is 18.9. The van der Waals surface area contributed by atoms with Crippen LogP contribution < -0.4 is 21.3 Å². The highest BCUT2D eigenvalue weighted by Gasteiger charge is 2.03. The summed E-state index contributed by atoms with van der Waals surface area (Å²) in [7, 11) is 0. The van der Waals surface area contributed by atoms with E-state index in [9.17, 15) is 0 Å². The molecule has 138 valence electrons. The van der Waals surface area contributed by atoms with Crippen molar-refractivity contribution >= 4 is 11.9 Å². The van der Waals surface area contributed by atoms with E-state index in [0.29, 0.717) is 0 Å². The number of rotatable bonds is 13. The van der Waals surface area contributed by atoms with Crippen LogP contribution in [0.5, 0.6) is 0 Å². The first-order valence-corrected chi connectivity index (χ1v) is 9.99. The predicted octanol–water partition coefficient (Wildman–Crippen LogP) is 1.99. The van der Waals surface area contributed by atoms with Crippen molar-refractivity contribution in [3.8, 4) is 0 Å². The first-order chi connectivity index (χ1) is 11.9. The third kappa shape index (κ3) is 8.99. The highest BCUT2D eigenvalue weighted by Crippen LogP contribution is 2.10. The van der Waals surface area contributed by atoms with Gasteiger partial charge in [-0.05, 0) is 12.8 Å². The van der Waals surface area contributed by atoms with Crippen LogP contribution >= 0.6 is 0 Å². The molecule has 0 spiro atoms. The molecule has 6 heteroatoms. The molecule has 0 aromatic rings. The average Bonchev–Trinajstić information content (AvgIpc) is 3.28. The van der Waals surface area contributed by atoms with Gasteiger partial charge in [0.2, 0.25) is 0 Å². The number of nitrogens with zero attached hydrogens (tertiary/aromatic N) is 2. The zero-order chi connectivity index (χ0) is 16.7. The first-order valence-electron chi connectivity index (χ1n) is 9.99. The van der Waals surface area contributed by atoms with Crippen LogP contribution in [0.4, 0.5) is 0 Å². The van der Waals surface area contributed by atoms with Crippen molar-refractivity contribution < 1.29 is 0 Å². The van der Waals surface area contributed by atoms with E-state index in [2.05, 4.69) is 31.3 Å². The number of hydrogen-bond donors (Lipinski definition) is 4. The molecule has 0 amide bonds. The van der Waals surface area contributed by atoms with Crippen LogP contribution in [0.25, 0.3) is 0 Å². The normalized spacial score (nSPS) is 16.3. The molecule has 0 aromatic carbocycles. The number of aliphatic imine (C=N–C) groups is 2. The van der Waals surface area contributed by atoms with E-state index in [4.69, 9.17) is 0 Å². The molecule has 0 bridgehead atoms. The maximum absolute atomic E-state index is 4.33. The van der Waals surface area contributed by atoms with Crippen molar-refractivity contribution in [2.75, 3.05) is 39.3 Å². The topological polar surface area (TPSA) is 72.8 Å². The Balaban J connectivity index is 1.23. The maximum atomic E-state index is 4.33. The number of nitrogens with one attached hydrogen (secondary N) is 4. The van der Waals surface area contributed by atoms with Gasteiger partial charge < -0.3 is 21.3 Å². The van der Waals surface area contributed by atoms with Crippen molar-refractivity contribution in [3.63, 3.8) is 0 Å². The SMILES string of the molecule is C(CCCCCCNC1=NCCN1)CCCCCNC1=NCCN1. The number of unbranched alkanes of at least 4 members (excludes halogenated alkanes) is 9. The summed E-state index contributed by atoms with van der Waals surface area (Å²) in [6.07, 6.45) is 13.5. The van der Waals surface area contributed by atoms with Crippen LogP contribution in [0, 0.1) is 0 Å². The maximum Gasteiger partial charge on any atom is 0.191 e. The second-order valence-corrected chi connectivity index (χ2v) is 6.70. The summed E-state index contributed by atoms with van der Waals surface area (Å²) in [4.78, 5) is 8.66. The Morgan fingerprint density at radius 1 is 0.583 bits per heavy atom. The summed E-state index contributed by atoms with van der Waals surface area (Å²) in [5, 5.41) is 13.2. The van der Waals surface area contributed by atoms with E-state index in [1.54, 1.807) is 0 Å². The van der Waals surface area contributed by atoms with Gasteiger partial charge in [-0.15, -0.1) is 0 Å². The molecule has 2 rings (SSSR count). The van der Waals surface area contributed by atoms with Crippen molar-refractivity contribution in [2.45, 2.75) is 64.2 Å². The third-order valence-corrected chi connectivity index (χ3v) is 4.54. The Morgan fingerprint density at radius 2 is 0.958 bits per heavy atom. The lowest BCUT2D eigenvalue weighted by atomic mass is 10.1. The third-order valence-electron chi connectivity index (χ3n) is 4.54. The average molecular weight is 337 g/mol. The van der Waals surface area contributed by atoms with Crippen molar-refractivity contribution in [2.24, 2.45) is 9.98 Å². The van der Waals surface area contributed by atoms with Gasteiger partial charge in [-0.2, -0.15) is 0 Å². The van der Waals surface area contributed by atoms with E-state index in [1.807, 2.05) is 0 Å². The van der Waals surface area contributed by atoms with Crippen LogP contribution in [0.1, 0.15) is 64.2 Å². The lowest BCUT2D eigenvalue weighted by Crippen LogP contribution is -2.34. The van der Waals surface area contributed by atoms with E-state index in [0.717, 1.165) is 51.2 Å². The molecule has 0 radical (unpaired) electrons. The highest BCUT2D eigenvalue weighted by atomic mass is 15.2. The van der Waals surface area contributed by atoms with Crippen molar-refractivity contribution in [1.82, 2.24) is 21.3 Å². The molecule has 0 saturated carbocycles. The van der Waals surface area contributed by atoms with E-state index >= 15 is 0 Å². The zero-order valence-electron chi connectivity index (χ0n) is 15.2. The Kier molecular flexibility index (Phi) is 10.1. The molecule has 24 heavy (non-hydrogen) atoms. The fraction of sp³-hybridized carbons (Fsp3) is 0.889. The molecule has 2 heterocycles. The Hall–Kier alpha value is -1.46.